The maximum absolute atomic E-state index is 14.3. The topological polar surface area (TPSA) is 183 Å². The van der Waals surface area contributed by atoms with Crippen molar-refractivity contribution in [3.8, 4) is 0 Å². The van der Waals surface area contributed by atoms with Gasteiger partial charge in [-0.3, -0.25) is 28.8 Å². The number of amides is 6. The van der Waals surface area contributed by atoms with Crippen LogP contribution in [0.2, 0.25) is 0 Å². The highest BCUT2D eigenvalue weighted by Gasteiger charge is 2.47. The summed E-state index contributed by atoms with van der Waals surface area (Å²) in [7, 11) is 3.12. The van der Waals surface area contributed by atoms with Crippen LogP contribution in [0.5, 0.6) is 0 Å². The van der Waals surface area contributed by atoms with Gasteiger partial charge in [-0.15, -0.1) is 0 Å². The van der Waals surface area contributed by atoms with E-state index in [0.717, 1.165) is 32.1 Å². The minimum atomic E-state index is -1.20. The largest absolute Gasteiger partial charge is 0.449 e. The van der Waals surface area contributed by atoms with E-state index in [1.165, 1.54) is 9.80 Å². The van der Waals surface area contributed by atoms with E-state index >= 15 is 0 Å². The Morgan fingerprint density at radius 1 is 0.942 bits per heavy atom. The number of rotatable bonds is 16. The average Bonchev–Trinajstić information content (AvgIpc) is 3.45. The molecule has 6 amide bonds. The molecule has 1 saturated heterocycles. The monoisotopic (exact) mass is 726 g/mol. The van der Waals surface area contributed by atoms with Crippen LogP contribution in [0, 0.1) is 17.3 Å². The quantitative estimate of drug-likeness (QED) is 0.188. The van der Waals surface area contributed by atoms with Gasteiger partial charge >= 0.3 is 6.09 Å². The molecule has 1 aliphatic carbocycles. The molecule has 14 heteroatoms. The molecule has 0 bridgehead atoms. The van der Waals surface area contributed by atoms with Crippen LogP contribution >= 0.6 is 0 Å². The van der Waals surface area contributed by atoms with Gasteiger partial charge in [-0.1, -0.05) is 90.6 Å². The smallest absolute Gasteiger partial charge is 0.407 e. The maximum Gasteiger partial charge on any atom is 0.407 e. The zero-order chi connectivity index (χ0) is 38.6. The normalized spacial score (nSPS) is 18.8. The van der Waals surface area contributed by atoms with Gasteiger partial charge in [0.2, 0.25) is 29.4 Å². The van der Waals surface area contributed by atoms with Crippen molar-refractivity contribution in [1.82, 2.24) is 31.1 Å². The number of Topliss-reactive ketones (excluding diaryl/α,β-unsaturated/α-hetero) is 1. The summed E-state index contributed by atoms with van der Waals surface area (Å²) in [5.41, 5.74) is 0.116. The molecule has 1 saturated carbocycles. The first-order valence-corrected chi connectivity index (χ1v) is 18.5. The molecule has 4 N–H and O–H groups in total. The third kappa shape index (κ3) is 12.0. The number of hydrogen-bond acceptors (Lipinski definition) is 8. The van der Waals surface area contributed by atoms with E-state index in [2.05, 4.69) is 21.3 Å². The van der Waals surface area contributed by atoms with Gasteiger partial charge in [-0.2, -0.15) is 0 Å². The summed E-state index contributed by atoms with van der Waals surface area (Å²) in [5, 5.41) is 10.5. The van der Waals surface area contributed by atoms with E-state index in [1.807, 2.05) is 27.7 Å². The first kappa shape index (κ1) is 41.9. The van der Waals surface area contributed by atoms with Crippen LogP contribution in [-0.2, 0) is 33.5 Å². The first-order valence-electron chi connectivity index (χ1n) is 18.5. The number of hydrogen-bond donors (Lipinski definition) is 4. The number of alkyl carbamates (subject to hydrolysis) is 1. The van der Waals surface area contributed by atoms with Gasteiger partial charge in [-0.25, -0.2) is 4.79 Å². The number of likely N-dealkylation sites (N-methyl/N-ethyl adjacent to an activating group) is 1. The van der Waals surface area contributed by atoms with E-state index in [9.17, 15) is 33.6 Å². The molecule has 1 heterocycles. The van der Waals surface area contributed by atoms with Crippen LogP contribution < -0.4 is 21.3 Å². The lowest BCUT2D eigenvalue weighted by atomic mass is 9.83. The molecule has 52 heavy (non-hydrogen) atoms. The highest BCUT2D eigenvalue weighted by atomic mass is 16.5. The Morgan fingerprint density at radius 3 is 2.19 bits per heavy atom. The molecule has 2 aliphatic rings. The van der Waals surface area contributed by atoms with Crippen LogP contribution in [0.4, 0.5) is 4.79 Å². The number of carbonyl (C=O) groups is 7. The molecular weight excluding hydrogens is 668 g/mol. The highest BCUT2D eigenvalue weighted by Crippen LogP contribution is 2.36. The van der Waals surface area contributed by atoms with Gasteiger partial charge in [0.1, 0.15) is 18.1 Å². The molecule has 1 aromatic rings. The van der Waals surface area contributed by atoms with Crippen LogP contribution in [0.3, 0.4) is 0 Å². The number of ketones is 1. The lowest BCUT2D eigenvalue weighted by molar-refractivity contribution is -0.143. The lowest BCUT2D eigenvalue weighted by Crippen LogP contribution is -2.58. The van der Waals surface area contributed by atoms with Crippen molar-refractivity contribution in [2.75, 3.05) is 33.8 Å². The van der Waals surface area contributed by atoms with E-state index in [4.69, 9.17) is 4.74 Å². The minimum Gasteiger partial charge on any atom is -0.449 e. The molecule has 4 atom stereocenters. The molecule has 0 radical (unpaired) electrons. The summed E-state index contributed by atoms with van der Waals surface area (Å²) in [5.74, 6) is -4.00. The maximum atomic E-state index is 14.3. The molecule has 3 unspecified atom stereocenters. The van der Waals surface area contributed by atoms with Crippen LogP contribution in [-0.4, -0.2) is 103 Å². The van der Waals surface area contributed by atoms with E-state index < -0.39 is 65.7 Å². The number of nitrogens with one attached hydrogen (secondary N) is 4. The Balaban J connectivity index is 1.71. The second-order valence-corrected chi connectivity index (χ2v) is 15.4. The summed E-state index contributed by atoms with van der Waals surface area (Å²) >= 11 is 0. The van der Waals surface area contributed by atoms with Crippen molar-refractivity contribution < 1.29 is 38.3 Å². The molecule has 0 aromatic heterocycles. The predicted molar refractivity (Wildman–Crippen MR) is 194 cm³/mol. The number of carbonyl (C=O) groups excluding carboxylic acids is 7. The van der Waals surface area contributed by atoms with Crippen molar-refractivity contribution >= 4 is 41.4 Å². The van der Waals surface area contributed by atoms with Gasteiger partial charge in [0.25, 0.3) is 5.91 Å². The van der Waals surface area contributed by atoms with Crippen molar-refractivity contribution in [2.24, 2.45) is 17.3 Å². The SMILES string of the molecule is CCCC(NC(=O)C1CC(C)(C)CN1C(=O)[C@@H](NC(=O)OCC(C)C)C1CCCCC1)C(=O)C(=O)NCC(=O)NC(C(=O)N(C)C)c1ccccc1. The van der Waals surface area contributed by atoms with Crippen molar-refractivity contribution in [2.45, 2.75) is 110 Å². The Kier molecular flexibility index (Phi) is 15.6. The number of ether oxygens (including phenoxy) is 1. The average molecular weight is 727 g/mol. The summed E-state index contributed by atoms with van der Waals surface area (Å²) in [6, 6.07) is 4.63. The minimum absolute atomic E-state index is 0.112. The molecule has 288 valence electrons. The van der Waals surface area contributed by atoms with E-state index in [1.54, 1.807) is 51.4 Å². The van der Waals surface area contributed by atoms with E-state index in [0.29, 0.717) is 18.4 Å². The summed E-state index contributed by atoms with van der Waals surface area (Å²) in [4.78, 5) is 95.8. The molecule has 1 aromatic carbocycles. The zero-order valence-corrected chi connectivity index (χ0v) is 31.8. The van der Waals surface area contributed by atoms with Gasteiger partial charge in [0, 0.05) is 20.6 Å². The third-order valence-corrected chi connectivity index (χ3v) is 9.48. The molecule has 14 nitrogen and oxygen atoms in total. The number of nitrogens with zero attached hydrogens (tertiary/aromatic N) is 2. The van der Waals surface area contributed by atoms with Crippen molar-refractivity contribution in [3.63, 3.8) is 0 Å². The second kappa shape index (κ2) is 19.4. The fourth-order valence-electron chi connectivity index (χ4n) is 6.81. The summed E-state index contributed by atoms with van der Waals surface area (Å²) in [6.07, 6.45) is 4.67. The Bertz CT molecular complexity index is 1430. The Labute approximate surface area is 307 Å². The third-order valence-electron chi connectivity index (χ3n) is 9.48. The number of benzene rings is 1. The standard InChI is InChI=1S/C38H58N6O8/c1-8-15-27(32(46)34(48)39-21-29(45)41-30(35(49)43(6)7)25-16-11-9-12-17-25)40-33(47)28-20-38(4,5)23-44(28)36(50)31(26-18-13-10-14-19-26)42-37(51)52-22-24(2)3/h9,11-12,16-17,24,26-28,30-31H,8,10,13-15,18-23H2,1-7H3,(H,39,48)(H,40,47)(H,41,45)(H,42,51)/t27?,28?,30?,31-/m0/s1. The zero-order valence-electron chi connectivity index (χ0n) is 31.8. The molecule has 3 rings (SSSR count). The first-order chi connectivity index (χ1) is 24.5. The van der Waals surface area contributed by atoms with Gasteiger partial charge in [0.15, 0.2) is 0 Å². The predicted octanol–water partition coefficient (Wildman–Crippen LogP) is 2.86. The van der Waals surface area contributed by atoms with Crippen LogP contribution in [0.25, 0.3) is 0 Å². The molecule has 2 fully saturated rings. The molecule has 0 spiro atoms. The Morgan fingerprint density at radius 2 is 1.60 bits per heavy atom. The lowest BCUT2D eigenvalue weighted by Gasteiger charge is -2.35. The van der Waals surface area contributed by atoms with Crippen LogP contribution in [0.15, 0.2) is 30.3 Å². The molecule has 1 aliphatic heterocycles. The second-order valence-electron chi connectivity index (χ2n) is 15.4. The highest BCUT2D eigenvalue weighted by molar-refractivity contribution is 6.38. The van der Waals surface area contributed by atoms with E-state index in [-0.39, 0.29) is 43.2 Å². The van der Waals surface area contributed by atoms with Gasteiger partial charge < -0.3 is 35.8 Å². The fraction of sp³-hybridized carbons (Fsp3) is 0.658. The van der Waals surface area contributed by atoms with Gasteiger partial charge in [0.05, 0.1) is 19.2 Å². The molecular formula is C38H58N6O8. The summed E-state index contributed by atoms with van der Waals surface area (Å²) in [6.45, 7) is 9.42. The number of likely N-dealkylation sites (tertiary alicyclic amines) is 1. The fourth-order valence-corrected chi connectivity index (χ4v) is 6.81. The van der Waals surface area contributed by atoms with Gasteiger partial charge in [-0.05, 0) is 48.5 Å². The van der Waals surface area contributed by atoms with Crippen molar-refractivity contribution in [1.29, 1.82) is 0 Å². The summed E-state index contributed by atoms with van der Waals surface area (Å²) < 4.78 is 5.36. The van der Waals surface area contributed by atoms with Crippen molar-refractivity contribution in [3.05, 3.63) is 35.9 Å². The Hall–Kier alpha value is -4.49. The van der Waals surface area contributed by atoms with Crippen LogP contribution in [0.1, 0.15) is 97.6 Å².